The van der Waals surface area contributed by atoms with Gasteiger partial charge < -0.3 is 9.05 Å². The molecule has 2 aromatic rings. The van der Waals surface area contributed by atoms with Crippen LogP contribution in [0.4, 0.5) is 0 Å². The lowest BCUT2D eigenvalue weighted by Crippen LogP contribution is -2.34. The van der Waals surface area contributed by atoms with Gasteiger partial charge in [-0.1, -0.05) is 36.4 Å². The smallest absolute Gasteiger partial charge is 0.418 e. The largest absolute Gasteiger partial charge is 0.470 e. The van der Waals surface area contributed by atoms with E-state index in [9.17, 15) is 0 Å². The molecule has 5 nitrogen and oxygen atoms in total. The number of para-hydroxylation sites is 2. The predicted molar refractivity (Wildman–Crippen MR) is 85.3 cm³/mol. The lowest BCUT2D eigenvalue weighted by molar-refractivity contribution is -0.168. The third-order valence-corrected chi connectivity index (χ3v) is 5.53. The average molecular weight is 338 g/mol. The first-order valence-corrected chi connectivity index (χ1v) is 8.92. The molecule has 0 N–H and O–H groups in total. The molecule has 0 aromatic heterocycles. The molecule has 0 radical (unpaired) electrons. The summed E-state index contributed by atoms with van der Waals surface area (Å²) in [5.41, 5.74) is 0. The van der Waals surface area contributed by atoms with E-state index in [0.29, 0.717) is 11.5 Å². The summed E-state index contributed by atoms with van der Waals surface area (Å²) in [5, 5.41) is 0. The van der Waals surface area contributed by atoms with E-state index in [-0.39, 0.29) is 0 Å². The minimum atomic E-state index is -1.67. The fourth-order valence-electron chi connectivity index (χ4n) is 1.64. The van der Waals surface area contributed by atoms with Crippen molar-refractivity contribution in [1.82, 2.24) is 0 Å². The third kappa shape index (κ3) is 4.39. The van der Waals surface area contributed by atoms with Gasteiger partial charge in [0.1, 0.15) is 11.5 Å². The standard InChI is InChI=1S/C15H16O5P2/c1-15(2)18-22(19-15)20-21(16-13-9-5-3-6-10-13)17-14-11-7-4-8-12-14/h3-12H,1-2H3. The van der Waals surface area contributed by atoms with E-state index < -0.39 is 23.0 Å². The molecule has 0 amide bonds. The average Bonchev–Trinajstić information content (AvgIpc) is 2.47. The quantitative estimate of drug-likeness (QED) is 0.660. The van der Waals surface area contributed by atoms with E-state index in [0.717, 1.165) is 0 Å². The monoisotopic (exact) mass is 338 g/mol. The Morgan fingerprint density at radius 1 is 0.818 bits per heavy atom. The van der Waals surface area contributed by atoms with Gasteiger partial charge in [0, 0.05) is 0 Å². The van der Waals surface area contributed by atoms with E-state index >= 15 is 0 Å². The van der Waals surface area contributed by atoms with Crippen LogP contribution in [-0.2, 0) is 13.4 Å². The van der Waals surface area contributed by atoms with Gasteiger partial charge in [-0.2, -0.15) is 0 Å². The molecular formula is C15H16O5P2. The first kappa shape index (κ1) is 15.7. The summed E-state index contributed by atoms with van der Waals surface area (Å²) in [6.07, 6.45) is 0. The lowest BCUT2D eigenvalue weighted by atomic mass is 10.3. The second-order valence-electron chi connectivity index (χ2n) is 4.92. The van der Waals surface area contributed by atoms with Gasteiger partial charge in [0.25, 0.3) is 0 Å². The van der Waals surface area contributed by atoms with Crippen LogP contribution in [0.5, 0.6) is 11.5 Å². The Hall–Kier alpha value is -1.22. The zero-order valence-electron chi connectivity index (χ0n) is 12.2. The zero-order valence-corrected chi connectivity index (χ0v) is 14.0. The number of hydrogen-bond acceptors (Lipinski definition) is 5. The highest BCUT2D eigenvalue weighted by Crippen LogP contribution is 2.64. The van der Waals surface area contributed by atoms with Crippen molar-refractivity contribution in [2.75, 3.05) is 0 Å². The van der Waals surface area contributed by atoms with E-state index in [1.54, 1.807) is 0 Å². The SMILES string of the molecule is CC1(C)OP(OP(Oc2ccccc2)Oc2ccccc2)O1. The molecule has 1 aliphatic heterocycles. The Bertz CT molecular complexity index is 544. The van der Waals surface area contributed by atoms with Crippen molar-refractivity contribution in [3.8, 4) is 11.5 Å². The number of rotatable bonds is 6. The maximum atomic E-state index is 5.77. The van der Waals surface area contributed by atoms with Crippen molar-refractivity contribution < 1.29 is 22.4 Å². The fraction of sp³-hybridized carbons (Fsp3) is 0.200. The van der Waals surface area contributed by atoms with Crippen LogP contribution in [0.25, 0.3) is 0 Å². The highest BCUT2D eigenvalue weighted by Gasteiger charge is 2.44. The van der Waals surface area contributed by atoms with Crippen molar-refractivity contribution in [2.45, 2.75) is 19.6 Å². The number of hydrogen-bond donors (Lipinski definition) is 0. The highest BCUT2D eigenvalue weighted by molar-refractivity contribution is 7.56. The van der Waals surface area contributed by atoms with Crippen LogP contribution >= 0.6 is 17.2 Å². The Morgan fingerprint density at radius 2 is 1.27 bits per heavy atom. The topological polar surface area (TPSA) is 46.2 Å². The minimum absolute atomic E-state index is 0.605. The Labute approximate surface area is 132 Å². The molecule has 3 rings (SSSR count). The third-order valence-electron chi connectivity index (χ3n) is 2.57. The van der Waals surface area contributed by atoms with E-state index in [1.165, 1.54) is 0 Å². The number of benzene rings is 2. The molecule has 0 bridgehead atoms. The molecule has 0 saturated carbocycles. The van der Waals surface area contributed by atoms with Crippen molar-refractivity contribution >= 4 is 17.2 Å². The first-order valence-electron chi connectivity index (χ1n) is 6.73. The lowest BCUT2D eigenvalue weighted by Gasteiger charge is -2.39. The van der Waals surface area contributed by atoms with Crippen LogP contribution in [0.15, 0.2) is 60.7 Å². The van der Waals surface area contributed by atoms with E-state index in [4.69, 9.17) is 22.4 Å². The molecule has 116 valence electrons. The van der Waals surface area contributed by atoms with Gasteiger partial charge in [0.05, 0.1) is 0 Å². The van der Waals surface area contributed by atoms with Gasteiger partial charge in [-0.05, 0) is 38.1 Å². The van der Waals surface area contributed by atoms with Crippen LogP contribution in [0.1, 0.15) is 13.8 Å². The van der Waals surface area contributed by atoms with Gasteiger partial charge in [0.2, 0.25) is 0 Å². The second-order valence-corrected chi connectivity index (χ2v) is 7.20. The Kier molecular flexibility index (Phi) is 4.92. The molecule has 22 heavy (non-hydrogen) atoms. The van der Waals surface area contributed by atoms with Crippen LogP contribution in [0.2, 0.25) is 0 Å². The van der Waals surface area contributed by atoms with Gasteiger partial charge in [-0.3, -0.25) is 9.05 Å². The maximum Gasteiger partial charge on any atom is 0.470 e. The summed E-state index contributed by atoms with van der Waals surface area (Å²) >= 11 is 0. The summed E-state index contributed by atoms with van der Waals surface area (Å²) in [4.78, 5) is 0. The van der Waals surface area contributed by atoms with E-state index in [2.05, 4.69) is 0 Å². The van der Waals surface area contributed by atoms with Crippen molar-refractivity contribution in [3.63, 3.8) is 0 Å². The molecule has 0 spiro atoms. The molecule has 1 saturated heterocycles. The van der Waals surface area contributed by atoms with Gasteiger partial charge in [0.15, 0.2) is 5.79 Å². The molecule has 1 aliphatic rings. The van der Waals surface area contributed by atoms with Gasteiger partial charge in [-0.15, -0.1) is 0 Å². The maximum absolute atomic E-state index is 5.77. The second kappa shape index (κ2) is 6.91. The molecule has 0 aliphatic carbocycles. The van der Waals surface area contributed by atoms with Gasteiger partial charge >= 0.3 is 17.2 Å². The molecule has 1 heterocycles. The summed E-state index contributed by atoms with van der Waals surface area (Å²) < 4.78 is 28.2. The molecule has 2 aromatic carbocycles. The molecule has 0 atom stereocenters. The Morgan fingerprint density at radius 3 is 1.68 bits per heavy atom. The fourth-order valence-corrected chi connectivity index (χ4v) is 3.97. The Balaban J connectivity index is 1.65. The predicted octanol–water partition coefficient (Wildman–Crippen LogP) is 5.40. The summed E-state index contributed by atoms with van der Waals surface area (Å²) in [7, 11) is -3.11. The van der Waals surface area contributed by atoms with Crippen LogP contribution in [0, 0.1) is 0 Å². The normalized spacial score (nSPS) is 17.0. The van der Waals surface area contributed by atoms with Crippen molar-refractivity contribution in [2.24, 2.45) is 0 Å². The van der Waals surface area contributed by atoms with Crippen molar-refractivity contribution in [3.05, 3.63) is 60.7 Å². The van der Waals surface area contributed by atoms with Crippen LogP contribution in [-0.4, -0.2) is 5.79 Å². The van der Waals surface area contributed by atoms with Crippen molar-refractivity contribution in [1.29, 1.82) is 0 Å². The molecule has 1 fully saturated rings. The molecule has 7 heteroatoms. The summed E-state index contributed by atoms with van der Waals surface area (Å²) in [5.74, 6) is 0.727. The van der Waals surface area contributed by atoms with Gasteiger partial charge in [-0.25, -0.2) is 4.31 Å². The van der Waals surface area contributed by atoms with Crippen LogP contribution < -0.4 is 9.05 Å². The van der Waals surface area contributed by atoms with Crippen LogP contribution in [0.3, 0.4) is 0 Å². The molecular weight excluding hydrogens is 322 g/mol. The summed E-state index contributed by atoms with van der Waals surface area (Å²) in [6.45, 7) is 3.65. The minimum Gasteiger partial charge on any atom is -0.418 e. The first-order chi connectivity index (χ1) is 10.6. The molecule has 0 unspecified atom stereocenters. The summed E-state index contributed by atoms with van der Waals surface area (Å²) in [6, 6.07) is 18.7. The zero-order chi connectivity index (χ0) is 15.4. The highest BCUT2D eigenvalue weighted by atomic mass is 31.2. The van der Waals surface area contributed by atoms with E-state index in [1.807, 2.05) is 74.5 Å².